The monoisotopic (exact) mass is 563 g/mol. The van der Waals surface area contributed by atoms with Crippen molar-refractivity contribution in [1.82, 2.24) is 9.97 Å². The Kier molecular flexibility index (Phi) is 6.30. The summed E-state index contributed by atoms with van der Waals surface area (Å²) in [5.74, 6) is 0.399. The lowest BCUT2D eigenvalue weighted by Crippen LogP contribution is -2.19. The third-order valence-corrected chi connectivity index (χ3v) is 6.60. The lowest BCUT2D eigenvalue weighted by atomic mass is 9.90. The minimum Gasteiger partial charge on any atom is -0.508 e. The van der Waals surface area contributed by atoms with Crippen molar-refractivity contribution in [3.63, 3.8) is 0 Å². The second kappa shape index (κ2) is 9.52. The Labute approximate surface area is 210 Å². The highest BCUT2D eigenvalue weighted by atomic mass is 127. The SMILES string of the molecule is O=C(Cc1ccc(I)cc1)Nc1nc2c(nc1-c1ccc(O)cc1)-c1ccc(CO)cc1CC2. The highest BCUT2D eigenvalue weighted by molar-refractivity contribution is 14.1. The van der Waals surface area contributed by atoms with Gasteiger partial charge in [-0.25, -0.2) is 9.97 Å². The number of benzene rings is 3. The van der Waals surface area contributed by atoms with E-state index in [4.69, 9.17) is 9.97 Å². The van der Waals surface area contributed by atoms with E-state index in [0.29, 0.717) is 17.9 Å². The number of aryl methyl sites for hydroxylation is 2. The summed E-state index contributed by atoms with van der Waals surface area (Å²) >= 11 is 2.24. The molecule has 0 atom stereocenters. The van der Waals surface area contributed by atoms with Crippen LogP contribution in [-0.2, 0) is 30.7 Å². The summed E-state index contributed by atoms with van der Waals surface area (Å²) in [6.45, 7) is -0.00386. The zero-order valence-electron chi connectivity index (χ0n) is 18.3. The van der Waals surface area contributed by atoms with Gasteiger partial charge < -0.3 is 15.5 Å². The van der Waals surface area contributed by atoms with E-state index in [9.17, 15) is 15.0 Å². The number of amides is 1. The molecular weight excluding hydrogens is 541 g/mol. The molecule has 5 rings (SSSR count). The normalized spacial score (nSPS) is 12.1. The highest BCUT2D eigenvalue weighted by Crippen LogP contribution is 2.36. The average molecular weight is 563 g/mol. The number of carbonyl (C=O) groups is 1. The van der Waals surface area contributed by atoms with Gasteiger partial charge in [0.2, 0.25) is 5.91 Å². The smallest absolute Gasteiger partial charge is 0.230 e. The summed E-state index contributed by atoms with van der Waals surface area (Å²) in [4.78, 5) is 22.7. The summed E-state index contributed by atoms with van der Waals surface area (Å²) < 4.78 is 1.11. The number of rotatable bonds is 5. The van der Waals surface area contributed by atoms with Gasteiger partial charge in [0.1, 0.15) is 11.4 Å². The van der Waals surface area contributed by atoms with Gasteiger partial charge in [0.25, 0.3) is 0 Å². The molecule has 0 fully saturated rings. The van der Waals surface area contributed by atoms with Crippen LogP contribution in [0.1, 0.15) is 22.4 Å². The molecule has 0 saturated heterocycles. The second-order valence-electron chi connectivity index (χ2n) is 8.26. The number of fused-ring (bicyclic) bond motifs is 3. The molecule has 7 heteroatoms. The summed E-state index contributed by atoms with van der Waals surface area (Å²) in [7, 11) is 0. The Morgan fingerprint density at radius 3 is 2.38 bits per heavy atom. The number of hydrogen-bond acceptors (Lipinski definition) is 5. The lowest BCUT2D eigenvalue weighted by molar-refractivity contribution is -0.115. The zero-order valence-corrected chi connectivity index (χ0v) is 20.4. The van der Waals surface area contributed by atoms with Crippen LogP contribution in [0, 0.1) is 3.57 Å². The van der Waals surface area contributed by atoms with Crippen LogP contribution in [0.15, 0.2) is 66.7 Å². The quantitative estimate of drug-likeness (QED) is 0.301. The Morgan fingerprint density at radius 1 is 0.912 bits per heavy atom. The number of phenols is 1. The molecule has 3 N–H and O–H groups in total. The van der Waals surface area contributed by atoms with Gasteiger partial charge in [0.05, 0.1) is 24.4 Å². The van der Waals surface area contributed by atoms with E-state index < -0.39 is 0 Å². The van der Waals surface area contributed by atoms with Crippen molar-refractivity contribution in [3.8, 4) is 28.3 Å². The number of phenolic OH excluding ortho intramolecular Hbond substituents is 1. The molecule has 0 bridgehead atoms. The van der Waals surface area contributed by atoms with Gasteiger partial charge in [-0.2, -0.15) is 0 Å². The van der Waals surface area contributed by atoms with Crippen LogP contribution < -0.4 is 5.32 Å². The van der Waals surface area contributed by atoms with Gasteiger partial charge in [0.15, 0.2) is 5.82 Å². The van der Waals surface area contributed by atoms with E-state index in [-0.39, 0.29) is 24.7 Å². The Bertz CT molecular complexity index is 1370. The number of carbonyl (C=O) groups excluding carboxylic acids is 1. The minimum absolute atomic E-state index is 0.00386. The van der Waals surface area contributed by atoms with Gasteiger partial charge in [-0.15, -0.1) is 0 Å². The number of nitrogens with zero attached hydrogens (tertiary/aromatic N) is 2. The van der Waals surface area contributed by atoms with Crippen molar-refractivity contribution in [2.24, 2.45) is 0 Å². The predicted octanol–water partition coefficient (Wildman–Crippen LogP) is 4.89. The molecule has 1 aliphatic carbocycles. The van der Waals surface area contributed by atoms with Crippen LogP contribution >= 0.6 is 22.6 Å². The first-order valence-electron chi connectivity index (χ1n) is 11.0. The standard InChI is InChI=1S/C27H22IN3O3/c28-20-7-1-16(2-8-20)14-24(34)30-27-25(18-4-9-21(33)10-5-18)31-26-22-11-3-17(15-32)13-19(22)6-12-23(26)29-27/h1-5,7-11,13,32-33H,6,12,14-15H2,(H,29,30,34). The molecule has 1 heterocycles. The number of hydrogen-bond donors (Lipinski definition) is 3. The van der Waals surface area contributed by atoms with Gasteiger partial charge in [-0.3, -0.25) is 4.79 Å². The zero-order chi connectivity index (χ0) is 23.7. The van der Waals surface area contributed by atoms with Crippen molar-refractivity contribution in [1.29, 1.82) is 0 Å². The van der Waals surface area contributed by atoms with E-state index in [0.717, 1.165) is 49.2 Å². The van der Waals surface area contributed by atoms with E-state index in [1.807, 2.05) is 42.5 Å². The number of aliphatic hydroxyl groups excluding tert-OH is 1. The van der Waals surface area contributed by atoms with Crippen molar-refractivity contribution in [2.75, 3.05) is 5.32 Å². The molecule has 0 unspecified atom stereocenters. The van der Waals surface area contributed by atoms with E-state index >= 15 is 0 Å². The number of aliphatic hydroxyl groups is 1. The molecular formula is C27H22IN3O3. The third-order valence-electron chi connectivity index (χ3n) is 5.88. The number of aromatic nitrogens is 2. The Morgan fingerprint density at radius 2 is 1.65 bits per heavy atom. The molecule has 0 spiro atoms. The fourth-order valence-corrected chi connectivity index (χ4v) is 4.53. The molecule has 34 heavy (non-hydrogen) atoms. The topological polar surface area (TPSA) is 95.3 Å². The number of nitrogens with one attached hydrogen (secondary N) is 1. The van der Waals surface area contributed by atoms with Gasteiger partial charge >= 0.3 is 0 Å². The molecule has 3 aromatic carbocycles. The van der Waals surface area contributed by atoms with Crippen molar-refractivity contribution >= 4 is 34.3 Å². The Balaban J connectivity index is 1.55. The van der Waals surface area contributed by atoms with Crippen LogP contribution in [0.4, 0.5) is 5.82 Å². The molecule has 1 aliphatic rings. The van der Waals surface area contributed by atoms with Crippen LogP contribution in [0.3, 0.4) is 0 Å². The Hall–Kier alpha value is -3.30. The minimum atomic E-state index is -0.167. The molecule has 4 aromatic rings. The van der Waals surface area contributed by atoms with Crippen molar-refractivity contribution < 1.29 is 15.0 Å². The molecule has 1 aromatic heterocycles. The molecule has 6 nitrogen and oxygen atoms in total. The van der Waals surface area contributed by atoms with E-state index in [1.165, 1.54) is 0 Å². The van der Waals surface area contributed by atoms with Gasteiger partial charge in [-0.1, -0.05) is 30.3 Å². The summed E-state index contributed by atoms with van der Waals surface area (Å²) in [5.41, 5.74) is 6.81. The van der Waals surface area contributed by atoms with E-state index in [1.54, 1.807) is 24.3 Å². The third kappa shape index (κ3) is 4.67. The maximum absolute atomic E-state index is 12.9. The number of anilines is 1. The van der Waals surface area contributed by atoms with Crippen LogP contribution in [-0.4, -0.2) is 26.1 Å². The van der Waals surface area contributed by atoms with Crippen LogP contribution in [0.25, 0.3) is 22.5 Å². The van der Waals surface area contributed by atoms with Crippen LogP contribution in [0.5, 0.6) is 5.75 Å². The number of halogens is 1. The van der Waals surface area contributed by atoms with Gasteiger partial charge in [-0.05, 0) is 88.5 Å². The van der Waals surface area contributed by atoms with E-state index in [2.05, 4.69) is 27.9 Å². The molecule has 1 amide bonds. The predicted molar refractivity (Wildman–Crippen MR) is 139 cm³/mol. The fraction of sp³-hybridized carbons (Fsp3) is 0.148. The average Bonchev–Trinajstić information content (AvgIpc) is 2.85. The second-order valence-corrected chi connectivity index (χ2v) is 9.51. The lowest BCUT2D eigenvalue weighted by Gasteiger charge is -2.21. The van der Waals surface area contributed by atoms with Crippen LogP contribution in [0.2, 0.25) is 0 Å². The van der Waals surface area contributed by atoms with Gasteiger partial charge in [0, 0.05) is 14.7 Å². The molecule has 0 saturated carbocycles. The summed E-state index contributed by atoms with van der Waals surface area (Å²) in [6, 6.07) is 20.4. The first kappa shape index (κ1) is 22.5. The number of aromatic hydroxyl groups is 1. The summed E-state index contributed by atoms with van der Waals surface area (Å²) in [5, 5.41) is 22.2. The first-order chi connectivity index (χ1) is 16.5. The maximum atomic E-state index is 12.9. The first-order valence-corrected chi connectivity index (χ1v) is 12.1. The molecule has 0 aliphatic heterocycles. The maximum Gasteiger partial charge on any atom is 0.230 e. The van der Waals surface area contributed by atoms with Crippen molar-refractivity contribution in [2.45, 2.75) is 25.9 Å². The molecule has 170 valence electrons. The largest absolute Gasteiger partial charge is 0.508 e. The fourth-order valence-electron chi connectivity index (χ4n) is 4.17. The highest BCUT2D eigenvalue weighted by Gasteiger charge is 2.23. The molecule has 0 radical (unpaired) electrons. The van der Waals surface area contributed by atoms with Crippen molar-refractivity contribution in [3.05, 3.63) is 92.7 Å². The summed E-state index contributed by atoms with van der Waals surface area (Å²) in [6.07, 6.45) is 1.72.